The third-order valence-corrected chi connectivity index (χ3v) is 3.58. The van der Waals surface area contributed by atoms with Crippen molar-refractivity contribution >= 4 is 15.7 Å². The van der Waals surface area contributed by atoms with Crippen molar-refractivity contribution in [2.75, 3.05) is 18.1 Å². The third-order valence-electron chi connectivity index (χ3n) is 2.97. The van der Waals surface area contributed by atoms with E-state index in [4.69, 9.17) is 4.74 Å². The van der Waals surface area contributed by atoms with Crippen LogP contribution < -0.4 is 9.46 Å². The maximum atomic E-state index is 11.2. The van der Waals surface area contributed by atoms with Gasteiger partial charge in [0.1, 0.15) is 5.75 Å². The van der Waals surface area contributed by atoms with Gasteiger partial charge < -0.3 is 9.84 Å². The summed E-state index contributed by atoms with van der Waals surface area (Å²) >= 11 is 0. The Bertz CT molecular complexity index is 724. The van der Waals surface area contributed by atoms with E-state index < -0.39 is 10.0 Å². The minimum absolute atomic E-state index is 0.106. The van der Waals surface area contributed by atoms with Gasteiger partial charge in [0.2, 0.25) is 10.0 Å². The summed E-state index contributed by atoms with van der Waals surface area (Å²) in [5, 5.41) is 9.34. The Kier molecular flexibility index (Phi) is 4.50. The Balaban J connectivity index is 2.30. The molecule has 2 aromatic rings. The molecule has 0 aliphatic heterocycles. The van der Waals surface area contributed by atoms with Crippen molar-refractivity contribution in [2.24, 2.45) is 0 Å². The zero-order chi connectivity index (χ0) is 15.5. The molecule has 2 aromatic carbocycles. The summed E-state index contributed by atoms with van der Waals surface area (Å²) in [5.41, 5.74) is 3.06. The fourth-order valence-corrected chi connectivity index (χ4v) is 2.59. The number of aliphatic hydroxyl groups is 1. The van der Waals surface area contributed by atoms with E-state index in [9.17, 15) is 13.5 Å². The minimum atomic E-state index is -3.27. The molecule has 5 nitrogen and oxygen atoms in total. The summed E-state index contributed by atoms with van der Waals surface area (Å²) < 4.78 is 29.9. The first kappa shape index (κ1) is 15.3. The Labute approximate surface area is 124 Å². The Morgan fingerprint density at radius 3 is 2.24 bits per heavy atom. The Hall–Kier alpha value is -2.05. The first-order valence-electron chi connectivity index (χ1n) is 6.29. The van der Waals surface area contributed by atoms with Crippen LogP contribution in [0.5, 0.6) is 5.75 Å². The molecule has 6 heteroatoms. The molecule has 0 atom stereocenters. The summed E-state index contributed by atoms with van der Waals surface area (Å²) in [7, 11) is -1.72. The number of sulfonamides is 1. The van der Waals surface area contributed by atoms with E-state index in [-0.39, 0.29) is 6.61 Å². The van der Waals surface area contributed by atoms with Crippen molar-refractivity contribution in [3.8, 4) is 16.9 Å². The van der Waals surface area contributed by atoms with E-state index in [0.717, 1.165) is 17.4 Å². The van der Waals surface area contributed by atoms with E-state index in [1.165, 1.54) is 0 Å². The average molecular weight is 307 g/mol. The summed E-state index contributed by atoms with van der Waals surface area (Å²) in [6.07, 6.45) is 1.11. The predicted molar refractivity (Wildman–Crippen MR) is 82.8 cm³/mol. The lowest BCUT2D eigenvalue weighted by molar-refractivity contribution is 0.274. The van der Waals surface area contributed by atoms with E-state index >= 15 is 0 Å². The van der Waals surface area contributed by atoms with E-state index in [1.807, 2.05) is 24.3 Å². The lowest BCUT2D eigenvalue weighted by atomic mass is 10.0. The van der Waals surface area contributed by atoms with Gasteiger partial charge in [-0.05, 0) is 35.4 Å². The molecule has 0 fully saturated rings. The molecule has 0 unspecified atom stereocenters. The van der Waals surface area contributed by atoms with Gasteiger partial charge in [0.15, 0.2) is 0 Å². The first-order chi connectivity index (χ1) is 9.93. The molecule has 0 aliphatic carbocycles. The van der Waals surface area contributed by atoms with Crippen LogP contribution in [0.2, 0.25) is 0 Å². The van der Waals surface area contributed by atoms with Crippen LogP contribution in [-0.4, -0.2) is 26.9 Å². The largest absolute Gasteiger partial charge is 0.496 e. The maximum Gasteiger partial charge on any atom is 0.229 e. The van der Waals surface area contributed by atoms with Crippen LogP contribution in [0.25, 0.3) is 11.1 Å². The van der Waals surface area contributed by atoms with Gasteiger partial charge in [-0.1, -0.05) is 18.2 Å². The van der Waals surface area contributed by atoms with Crippen molar-refractivity contribution in [3.63, 3.8) is 0 Å². The highest BCUT2D eigenvalue weighted by atomic mass is 32.2. The molecule has 0 aliphatic rings. The number of benzene rings is 2. The molecule has 2 N–H and O–H groups in total. The summed E-state index contributed by atoms with van der Waals surface area (Å²) in [5.74, 6) is 0.636. The summed E-state index contributed by atoms with van der Waals surface area (Å²) in [6, 6.07) is 12.5. The molecule has 0 radical (unpaired) electrons. The van der Waals surface area contributed by atoms with Crippen LogP contribution in [0.3, 0.4) is 0 Å². The van der Waals surface area contributed by atoms with Gasteiger partial charge in [-0.2, -0.15) is 0 Å². The SMILES string of the molecule is COc1ccc(-c2ccc(NS(C)(=O)=O)cc2)cc1CO. The van der Waals surface area contributed by atoms with E-state index in [1.54, 1.807) is 25.3 Å². The smallest absolute Gasteiger partial charge is 0.229 e. The van der Waals surface area contributed by atoms with Gasteiger partial charge in [-0.3, -0.25) is 4.72 Å². The van der Waals surface area contributed by atoms with Gasteiger partial charge in [0, 0.05) is 11.3 Å². The number of hydrogen-bond donors (Lipinski definition) is 2. The second-order valence-corrected chi connectivity index (χ2v) is 6.38. The first-order valence-corrected chi connectivity index (χ1v) is 8.18. The molecule has 0 saturated carbocycles. The molecule has 0 spiro atoms. The van der Waals surface area contributed by atoms with Crippen LogP contribution in [0.4, 0.5) is 5.69 Å². The van der Waals surface area contributed by atoms with Gasteiger partial charge in [-0.25, -0.2) is 8.42 Å². The molecule has 0 saturated heterocycles. The van der Waals surface area contributed by atoms with Crippen LogP contribution in [-0.2, 0) is 16.6 Å². The van der Waals surface area contributed by atoms with Crippen molar-refractivity contribution in [2.45, 2.75) is 6.61 Å². The second kappa shape index (κ2) is 6.15. The molecule has 0 bridgehead atoms. The zero-order valence-electron chi connectivity index (χ0n) is 11.8. The molecule has 0 aromatic heterocycles. The van der Waals surface area contributed by atoms with Crippen molar-refractivity contribution in [1.29, 1.82) is 0 Å². The topological polar surface area (TPSA) is 75.6 Å². The summed E-state index contributed by atoms with van der Waals surface area (Å²) in [6.45, 7) is -0.106. The highest BCUT2D eigenvalue weighted by molar-refractivity contribution is 7.92. The lowest BCUT2D eigenvalue weighted by Crippen LogP contribution is -2.09. The van der Waals surface area contributed by atoms with Gasteiger partial charge in [0.05, 0.1) is 20.0 Å². The monoisotopic (exact) mass is 307 g/mol. The average Bonchev–Trinajstić information content (AvgIpc) is 2.45. The van der Waals surface area contributed by atoms with Crippen molar-refractivity contribution in [3.05, 3.63) is 48.0 Å². The number of methoxy groups -OCH3 is 1. The Morgan fingerprint density at radius 2 is 1.71 bits per heavy atom. The fraction of sp³-hybridized carbons (Fsp3) is 0.200. The number of anilines is 1. The number of ether oxygens (including phenoxy) is 1. The van der Waals surface area contributed by atoms with Crippen LogP contribution in [0.15, 0.2) is 42.5 Å². The molecule has 0 amide bonds. The van der Waals surface area contributed by atoms with E-state index in [0.29, 0.717) is 17.0 Å². The van der Waals surface area contributed by atoms with Crippen LogP contribution in [0.1, 0.15) is 5.56 Å². The van der Waals surface area contributed by atoms with Crippen LogP contribution in [0, 0.1) is 0 Å². The minimum Gasteiger partial charge on any atom is -0.496 e. The molecule has 21 heavy (non-hydrogen) atoms. The third kappa shape index (κ3) is 3.96. The van der Waals surface area contributed by atoms with E-state index in [2.05, 4.69) is 4.72 Å². The van der Waals surface area contributed by atoms with Gasteiger partial charge >= 0.3 is 0 Å². The molecule has 112 valence electrons. The molecule has 0 heterocycles. The quantitative estimate of drug-likeness (QED) is 0.888. The van der Waals surface area contributed by atoms with Crippen molar-refractivity contribution in [1.82, 2.24) is 0 Å². The lowest BCUT2D eigenvalue weighted by Gasteiger charge is -2.10. The molecular weight excluding hydrogens is 290 g/mol. The molecule has 2 rings (SSSR count). The number of rotatable bonds is 5. The predicted octanol–water partition coefficient (Wildman–Crippen LogP) is 2.23. The second-order valence-electron chi connectivity index (χ2n) is 4.64. The highest BCUT2D eigenvalue weighted by Crippen LogP contribution is 2.27. The van der Waals surface area contributed by atoms with Crippen LogP contribution >= 0.6 is 0 Å². The number of hydrogen-bond acceptors (Lipinski definition) is 4. The molecular formula is C15H17NO4S. The fourth-order valence-electron chi connectivity index (χ4n) is 2.03. The maximum absolute atomic E-state index is 11.2. The normalized spacial score (nSPS) is 11.2. The summed E-state index contributed by atoms with van der Waals surface area (Å²) in [4.78, 5) is 0. The number of aliphatic hydroxyl groups excluding tert-OH is 1. The van der Waals surface area contributed by atoms with Gasteiger partial charge in [-0.15, -0.1) is 0 Å². The van der Waals surface area contributed by atoms with Gasteiger partial charge in [0.25, 0.3) is 0 Å². The standard InChI is InChI=1S/C15H17NO4S/c1-20-15-8-5-12(9-13(15)10-17)11-3-6-14(7-4-11)16-21(2,18)19/h3-9,16-17H,10H2,1-2H3. The zero-order valence-corrected chi connectivity index (χ0v) is 12.6. The van der Waals surface area contributed by atoms with Crippen molar-refractivity contribution < 1.29 is 18.3 Å². The Morgan fingerprint density at radius 1 is 1.10 bits per heavy atom. The highest BCUT2D eigenvalue weighted by Gasteiger charge is 2.06. The number of nitrogens with one attached hydrogen (secondary N) is 1.